The fraction of sp³-hybridized carbons (Fsp3) is 0.143. The molecule has 94 valence electrons. The van der Waals surface area contributed by atoms with Gasteiger partial charge in [-0.05, 0) is 30.2 Å². The third kappa shape index (κ3) is 2.23. The molecule has 0 aromatic heterocycles. The highest BCUT2D eigenvalue weighted by Crippen LogP contribution is 2.36. The number of hydrogen-bond acceptors (Lipinski definition) is 0. The molecule has 0 heterocycles. The molecule has 2 rings (SSSR count). The first-order valence-corrected chi connectivity index (χ1v) is 5.33. The van der Waals surface area contributed by atoms with E-state index >= 15 is 0 Å². The molecular weight excluding hydrogens is 244 g/mol. The summed E-state index contributed by atoms with van der Waals surface area (Å²) < 4.78 is 51.9. The van der Waals surface area contributed by atoms with Gasteiger partial charge in [0.2, 0.25) is 0 Å². The van der Waals surface area contributed by atoms with Crippen LogP contribution >= 0.6 is 0 Å². The molecule has 0 nitrogen and oxygen atoms in total. The summed E-state index contributed by atoms with van der Waals surface area (Å²) >= 11 is 0. The second-order valence-electron chi connectivity index (χ2n) is 3.96. The second-order valence-corrected chi connectivity index (χ2v) is 3.96. The molecule has 0 aliphatic carbocycles. The van der Waals surface area contributed by atoms with Gasteiger partial charge >= 0.3 is 6.18 Å². The van der Waals surface area contributed by atoms with Crippen LogP contribution in [0.4, 0.5) is 17.6 Å². The van der Waals surface area contributed by atoms with Crippen molar-refractivity contribution in [3.05, 3.63) is 59.4 Å². The highest BCUT2D eigenvalue weighted by molar-refractivity contribution is 5.69. The van der Waals surface area contributed by atoms with Crippen LogP contribution in [0, 0.1) is 12.7 Å². The van der Waals surface area contributed by atoms with Crippen LogP contribution in [0.15, 0.2) is 42.5 Å². The molecule has 0 amide bonds. The summed E-state index contributed by atoms with van der Waals surface area (Å²) in [6.45, 7) is 1.35. The topological polar surface area (TPSA) is 0 Å². The van der Waals surface area contributed by atoms with E-state index in [1.54, 1.807) is 6.07 Å². The van der Waals surface area contributed by atoms with Gasteiger partial charge in [0.15, 0.2) is 0 Å². The van der Waals surface area contributed by atoms with E-state index in [9.17, 15) is 17.6 Å². The van der Waals surface area contributed by atoms with E-state index in [1.807, 2.05) is 0 Å². The molecule has 0 N–H and O–H groups in total. The Morgan fingerprint density at radius 1 is 0.833 bits per heavy atom. The summed E-state index contributed by atoms with van der Waals surface area (Å²) in [7, 11) is 0. The molecule has 0 aliphatic heterocycles. The van der Waals surface area contributed by atoms with Gasteiger partial charge in [-0.3, -0.25) is 0 Å². The smallest absolute Gasteiger partial charge is 0.206 e. The van der Waals surface area contributed by atoms with Crippen LogP contribution in [0.1, 0.15) is 11.1 Å². The molecule has 0 unspecified atom stereocenters. The third-order valence-corrected chi connectivity index (χ3v) is 2.80. The van der Waals surface area contributed by atoms with Crippen molar-refractivity contribution in [1.29, 1.82) is 0 Å². The molecule has 0 radical (unpaired) electrons. The van der Waals surface area contributed by atoms with Crippen molar-refractivity contribution < 1.29 is 17.6 Å². The molecule has 0 aliphatic rings. The van der Waals surface area contributed by atoms with Crippen LogP contribution in [0.2, 0.25) is 0 Å². The van der Waals surface area contributed by atoms with E-state index in [-0.39, 0.29) is 16.7 Å². The lowest BCUT2D eigenvalue weighted by atomic mass is 9.96. The normalized spacial score (nSPS) is 11.6. The molecular formula is C14H10F4. The highest BCUT2D eigenvalue weighted by Gasteiger charge is 2.33. The van der Waals surface area contributed by atoms with Crippen molar-refractivity contribution in [1.82, 2.24) is 0 Å². The van der Waals surface area contributed by atoms with Crippen LogP contribution in [0.3, 0.4) is 0 Å². The monoisotopic (exact) mass is 254 g/mol. The van der Waals surface area contributed by atoms with Gasteiger partial charge in [0, 0.05) is 5.56 Å². The van der Waals surface area contributed by atoms with Crippen molar-refractivity contribution in [2.75, 3.05) is 0 Å². The van der Waals surface area contributed by atoms with Gasteiger partial charge < -0.3 is 0 Å². The first kappa shape index (κ1) is 12.6. The lowest BCUT2D eigenvalue weighted by Crippen LogP contribution is -2.08. The van der Waals surface area contributed by atoms with Gasteiger partial charge in [0.25, 0.3) is 0 Å². The highest BCUT2D eigenvalue weighted by atomic mass is 19.4. The van der Waals surface area contributed by atoms with Crippen molar-refractivity contribution in [3.8, 4) is 11.1 Å². The third-order valence-electron chi connectivity index (χ3n) is 2.80. The van der Waals surface area contributed by atoms with E-state index < -0.39 is 17.6 Å². The molecule has 0 spiro atoms. The van der Waals surface area contributed by atoms with Crippen molar-refractivity contribution >= 4 is 0 Å². The molecule has 0 atom stereocenters. The Labute approximate surface area is 102 Å². The zero-order valence-electron chi connectivity index (χ0n) is 9.55. The van der Waals surface area contributed by atoms with Gasteiger partial charge in [-0.25, -0.2) is 4.39 Å². The first-order valence-electron chi connectivity index (χ1n) is 5.33. The molecule has 0 saturated carbocycles. The van der Waals surface area contributed by atoms with Gasteiger partial charge in [-0.15, -0.1) is 0 Å². The average Bonchev–Trinajstić information content (AvgIpc) is 2.29. The summed E-state index contributed by atoms with van der Waals surface area (Å²) in [5.41, 5.74) is -0.248. The molecule has 0 saturated heterocycles. The second kappa shape index (κ2) is 4.44. The molecule has 4 heteroatoms. The fourth-order valence-corrected chi connectivity index (χ4v) is 1.91. The van der Waals surface area contributed by atoms with Crippen LogP contribution in [0.25, 0.3) is 11.1 Å². The van der Waals surface area contributed by atoms with Crippen LogP contribution in [-0.4, -0.2) is 0 Å². The van der Waals surface area contributed by atoms with Crippen LogP contribution in [-0.2, 0) is 6.18 Å². The predicted molar refractivity (Wildman–Crippen MR) is 61.6 cm³/mol. The number of alkyl halides is 3. The van der Waals surface area contributed by atoms with Crippen LogP contribution in [0.5, 0.6) is 0 Å². The summed E-state index contributed by atoms with van der Waals surface area (Å²) in [5.74, 6) is -0.528. The molecule has 2 aromatic carbocycles. The Bertz CT molecular complexity index is 570. The lowest BCUT2D eigenvalue weighted by Gasteiger charge is -2.14. The van der Waals surface area contributed by atoms with E-state index in [4.69, 9.17) is 0 Å². The van der Waals surface area contributed by atoms with E-state index in [0.717, 1.165) is 6.07 Å². The van der Waals surface area contributed by atoms with Crippen LogP contribution < -0.4 is 0 Å². The predicted octanol–water partition coefficient (Wildman–Crippen LogP) is 4.82. The van der Waals surface area contributed by atoms with E-state index in [0.29, 0.717) is 0 Å². The molecule has 18 heavy (non-hydrogen) atoms. The fourth-order valence-electron chi connectivity index (χ4n) is 1.91. The zero-order chi connectivity index (χ0) is 13.3. The Balaban J connectivity index is 2.64. The maximum Gasteiger partial charge on any atom is 0.416 e. The molecule has 2 aromatic rings. The van der Waals surface area contributed by atoms with Gasteiger partial charge in [0.1, 0.15) is 5.82 Å². The Morgan fingerprint density at radius 3 is 2.06 bits per heavy atom. The maximum atomic E-state index is 13.6. The lowest BCUT2D eigenvalue weighted by molar-refractivity contribution is -0.138. The van der Waals surface area contributed by atoms with E-state index in [1.165, 1.54) is 37.3 Å². The molecule has 0 bridgehead atoms. The first-order chi connectivity index (χ1) is 8.41. The number of rotatable bonds is 1. The number of hydrogen-bond donors (Lipinski definition) is 0. The number of benzene rings is 2. The average molecular weight is 254 g/mol. The van der Waals surface area contributed by atoms with Gasteiger partial charge in [-0.2, -0.15) is 13.2 Å². The van der Waals surface area contributed by atoms with E-state index in [2.05, 4.69) is 0 Å². The van der Waals surface area contributed by atoms with Gasteiger partial charge in [0.05, 0.1) is 5.56 Å². The SMILES string of the molecule is Cc1c(-c2ccccc2F)cccc1C(F)(F)F. The Kier molecular flexibility index (Phi) is 3.11. The summed E-state index contributed by atoms with van der Waals surface area (Å²) in [6, 6.07) is 9.58. The largest absolute Gasteiger partial charge is 0.416 e. The van der Waals surface area contributed by atoms with Gasteiger partial charge in [-0.1, -0.05) is 30.3 Å². The molecule has 0 fully saturated rings. The maximum absolute atomic E-state index is 13.6. The minimum Gasteiger partial charge on any atom is -0.206 e. The van der Waals surface area contributed by atoms with Crippen molar-refractivity contribution in [2.24, 2.45) is 0 Å². The Hall–Kier alpha value is -1.84. The number of halogens is 4. The minimum absolute atomic E-state index is 0.0371. The summed E-state index contributed by atoms with van der Waals surface area (Å²) in [4.78, 5) is 0. The summed E-state index contributed by atoms with van der Waals surface area (Å²) in [5, 5.41) is 0. The van der Waals surface area contributed by atoms with Crippen molar-refractivity contribution in [3.63, 3.8) is 0 Å². The standard InChI is InChI=1S/C14H10F4/c1-9-10(11-5-2-3-8-13(11)15)6-4-7-12(9)14(16,17)18/h2-8H,1H3. The quantitative estimate of drug-likeness (QED) is 0.640. The zero-order valence-corrected chi connectivity index (χ0v) is 9.55. The summed E-state index contributed by atoms with van der Waals surface area (Å²) in [6.07, 6.45) is -4.43. The Morgan fingerprint density at radius 2 is 1.44 bits per heavy atom. The minimum atomic E-state index is -4.43. The van der Waals surface area contributed by atoms with Crippen molar-refractivity contribution in [2.45, 2.75) is 13.1 Å².